The molecule has 2 N–H and O–H groups in total. The number of hydroxylamine groups is 1. The van der Waals surface area contributed by atoms with Gasteiger partial charge in [0.1, 0.15) is 0 Å². The van der Waals surface area contributed by atoms with Gasteiger partial charge in [-0.05, 0) is 12.8 Å². The predicted octanol–water partition coefficient (Wildman–Crippen LogP) is 0.360. The Labute approximate surface area is 89.5 Å². The van der Waals surface area contributed by atoms with E-state index in [2.05, 4.69) is 10.8 Å². The molecule has 5 heteroatoms. The second-order valence-corrected chi connectivity index (χ2v) is 3.76. The zero-order valence-corrected chi connectivity index (χ0v) is 9.04. The van der Waals surface area contributed by atoms with E-state index >= 15 is 0 Å². The number of amides is 2. The molecule has 1 aliphatic carbocycles. The first-order chi connectivity index (χ1) is 7.24. The summed E-state index contributed by atoms with van der Waals surface area (Å²) >= 11 is 0. The van der Waals surface area contributed by atoms with Crippen molar-refractivity contribution in [2.75, 3.05) is 13.7 Å². The molecule has 0 aromatic rings. The number of hydrogen-bond acceptors (Lipinski definition) is 3. The van der Waals surface area contributed by atoms with Crippen molar-refractivity contribution in [2.24, 2.45) is 5.92 Å². The standard InChI is InChI=1S/C10H18N2O3/c1-11-9(13)7-15-12-10(14)8-5-3-2-4-6-8/h8H,2-7H2,1H3,(H,11,13)(H,12,14). The monoisotopic (exact) mass is 214 g/mol. The Morgan fingerprint density at radius 3 is 2.53 bits per heavy atom. The molecule has 0 aromatic heterocycles. The smallest absolute Gasteiger partial charge is 0.248 e. The third kappa shape index (κ3) is 4.29. The number of likely N-dealkylation sites (N-methyl/N-ethyl adjacent to an activating group) is 1. The zero-order valence-electron chi connectivity index (χ0n) is 9.04. The van der Waals surface area contributed by atoms with Crippen molar-refractivity contribution in [3.63, 3.8) is 0 Å². The Morgan fingerprint density at radius 1 is 1.27 bits per heavy atom. The van der Waals surface area contributed by atoms with Crippen molar-refractivity contribution in [3.8, 4) is 0 Å². The Balaban J connectivity index is 2.14. The molecule has 5 nitrogen and oxygen atoms in total. The number of rotatable bonds is 4. The van der Waals surface area contributed by atoms with E-state index in [1.54, 1.807) is 0 Å². The van der Waals surface area contributed by atoms with Crippen molar-refractivity contribution in [1.82, 2.24) is 10.8 Å². The highest BCUT2D eigenvalue weighted by atomic mass is 16.7. The number of hydrogen-bond donors (Lipinski definition) is 2. The van der Waals surface area contributed by atoms with E-state index in [0.717, 1.165) is 25.7 Å². The molecule has 0 radical (unpaired) electrons. The molecule has 1 fully saturated rings. The minimum Gasteiger partial charge on any atom is -0.357 e. The van der Waals surface area contributed by atoms with Crippen LogP contribution in [0.1, 0.15) is 32.1 Å². The molecule has 15 heavy (non-hydrogen) atoms. The molecule has 0 atom stereocenters. The van der Waals surface area contributed by atoms with Gasteiger partial charge in [0, 0.05) is 13.0 Å². The average molecular weight is 214 g/mol. The first-order valence-corrected chi connectivity index (χ1v) is 5.36. The highest BCUT2D eigenvalue weighted by Gasteiger charge is 2.21. The maximum Gasteiger partial charge on any atom is 0.248 e. The molecule has 2 amide bonds. The van der Waals surface area contributed by atoms with Gasteiger partial charge < -0.3 is 5.32 Å². The molecule has 1 rings (SSSR count). The highest BCUT2D eigenvalue weighted by Crippen LogP contribution is 2.23. The van der Waals surface area contributed by atoms with Gasteiger partial charge in [0.05, 0.1) is 0 Å². The van der Waals surface area contributed by atoms with Crippen LogP contribution in [0, 0.1) is 5.92 Å². The fourth-order valence-electron chi connectivity index (χ4n) is 1.69. The molecule has 0 aromatic carbocycles. The normalized spacial score (nSPS) is 17.1. The van der Waals surface area contributed by atoms with Crippen LogP contribution in [0.25, 0.3) is 0 Å². The highest BCUT2D eigenvalue weighted by molar-refractivity contribution is 5.79. The lowest BCUT2D eigenvalue weighted by atomic mass is 9.89. The lowest BCUT2D eigenvalue weighted by molar-refractivity contribution is -0.142. The summed E-state index contributed by atoms with van der Waals surface area (Å²) in [6.45, 7) is -0.130. The van der Waals surface area contributed by atoms with Crippen molar-refractivity contribution >= 4 is 11.8 Å². The third-order valence-corrected chi connectivity index (χ3v) is 2.63. The van der Waals surface area contributed by atoms with E-state index in [1.807, 2.05) is 0 Å². The molecule has 1 aliphatic rings. The van der Waals surface area contributed by atoms with Crippen LogP contribution in [-0.4, -0.2) is 25.5 Å². The second-order valence-electron chi connectivity index (χ2n) is 3.76. The summed E-state index contributed by atoms with van der Waals surface area (Å²) in [6, 6.07) is 0. The first-order valence-electron chi connectivity index (χ1n) is 5.36. The van der Waals surface area contributed by atoms with Crippen LogP contribution in [0.5, 0.6) is 0 Å². The number of carbonyl (C=O) groups excluding carboxylic acids is 2. The van der Waals surface area contributed by atoms with E-state index in [1.165, 1.54) is 13.5 Å². The third-order valence-electron chi connectivity index (χ3n) is 2.63. The van der Waals surface area contributed by atoms with Gasteiger partial charge in [0.15, 0.2) is 6.61 Å². The SMILES string of the molecule is CNC(=O)CONC(=O)C1CCCCC1. The molecule has 1 saturated carbocycles. The van der Waals surface area contributed by atoms with E-state index in [-0.39, 0.29) is 24.3 Å². The molecule has 86 valence electrons. The molecular formula is C10H18N2O3. The Bertz CT molecular complexity index is 225. The maximum absolute atomic E-state index is 11.5. The minimum atomic E-state index is -0.251. The van der Waals surface area contributed by atoms with Crippen LogP contribution in [0.2, 0.25) is 0 Å². The zero-order chi connectivity index (χ0) is 11.1. The van der Waals surface area contributed by atoms with Crippen molar-refractivity contribution in [1.29, 1.82) is 0 Å². The van der Waals surface area contributed by atoms with E-state index in [4.69, 9.17) is 4.84 Å². The van der Waals surface area contributed by atoms with Crippen molar-refractivity contribution in [3.05, 3.63) is 0 Å². The summed E-state index contributed by atoms with van der Waals surface area (Å²) in [5.74, 6) is -0.291. The van der Waals surface area contributed by atoms with Crippen molar-refractivity contribution in [2.45, 2.75) is 32.1 Å². The van der Waals surface area contributed by atoms with Gasteiger partial charge in [-0.25, -0.2) is 5.48 Å². The van der Waals surface area contributed by atoms with Gasteiger partial charge in [0.2, 0.25) is 11.8 Å². The minimum absolute atomic E-state index is 0.0587. The Hall–Kier alpha value is -1.10. The van der Waals surface area contributed by atoms with Crippen molar-refractivity contribution < 1.29 is 14.4 Å². The van der Waals surface area contributed by atoms with Crippen LogP contribution in [0.4, 0.5) is 0 Å². The summed E-state index contributed by atoms with van der Waals surface area (Å²) in [6.07, 6.45) is 5.27. The van der Waals surface area contributed by atoms with Crippen LogP contribution in [0.15, 0.2) is 0 Å². The van der Waals surface area contributed by atoms with Gasteiger partial charge >= 0.3 is 0 Å². The fraction of sp³-hybridized carbons (Fsp3) is 0.800. The summed E-state index contributed by atoms with van der Waals surface area (Å²) in [5, 5.41) is 2.40. The summed E-state index contributed by atoms with van der Waals surface area (Å²) in [5.41, 5.74) is 2.32. The van der Waals surface area contributed by atoms with Gasteiger partial charge in [-0.15, -0.1) is 0 Å². The van der Waals surface area contributed by atoms with E-state index in [9.17, 15) is 9.59 Å². The summed E-state index contributed by atoms with van der Waals surface area (Å²) < 4.78 is 0. The molecule has 0 unspecified atom stereocenters. The first kappa shape index (κ1) is 12.0. The maximum atomic E-state index is 11.5. The van der Waals surface area contributed by atoms with E-state index < -0.39 is 0 Å². The predicted molar refractivity (Wildman–Crippen MR) is 54.7 cm³/mol. The van der Waals surface area contributed by atoms with Crippen LogP contribution < -0.4 is 10.8 Å². The van der Waals surface area contributed by atoms with E-state index in [0.29, 0.717) is 0 Å². The van der Waals surface area contributed by atoms with Gasteiger partial charge in [0.25, 0.3) is 0 Å². The quantitative estimate of drug-likeness (QED) is 0.664. The second kappa shape index (κ2) is 6.40. The topological polar surface area (TPSA) is 67.4 Å². The largest absolute Gasteiger partial charge is 0.357 e. The van der Waals surface area contributed by atoms with Crippen LogP contribution in [-0.2, 0) is 14.4 Å². The molecular weight excluding hydrogens is 196 g/mol. The lowest BCUT2D eigenvalue weighted by Gasteiger charge is -2.20. The fourth-order valence-corrected chi connectivity index (χ4v) is 1.69. The van der Waals surface area contributed by atoms with Crippen LogP contribution in [0.3, 0.4) is 0 Å². The van der Waals surface area contributed by atoms with Gasteiger partial charge in [-0.1, -0.05) is 19.3 Å². The number of carbonyl (C=O) groups is 2. The summed E-state index contributed by atoms with van der Waals surface area (Å²) in [4.78, 5) is 27.1. The Morgan fingerprint density at radius 2 is 1.93 bits per heavy atom. The average Bonchev–Trinajstić information content (AvgIpc) is 2.29. The summed E-state index contributed by atoms with van der Waals surface area (Å²) in [7, 11) is 1.52. The molecule has 0 aliphatic heterocycles. The van der Waals surface area contributed by atoms with Crippen LogP contribution >= 0.6 is 0 Å². The molecule has 0 heterocycles. The Kier molecular flexibility index (Phi) is 5.10. The molecule has 0 spiro atoms. The molecule has 0 saturated heterocycles. The lowest BCUT2D eigenvalue weighted by Crippen LogP contribution is -2.35. The molecule has 0 bridgehead atoms. The van der Waals surface area contributed by atoms with Gasteiger partial charge in [-0.2, -0.15) is 0 Å². The van der Waals surface area contributed by atoms with Gasteiger partial charge in [-0.3, -0.25) is 14.4 Å². The number of nitrogens with one attached hydrogen (secondary N) is 2.